The summed E-state index contributed by atoms with van der Waals surface area (Å²) in [5.74, 6) is 0.314. The standard InChI is InChI=1S/C18H27NO/c1-2-3-4-5-6-7-10-18(20)16-11-12-17-15(14-16)9-8-13-19-17/h11-12,14,19H,2-10,13H2,1H3. The number of aryl methyl sites for hydroxylation is 1. The molecule has 110 valence electrons. The Bertz CT molecular complexity index is 439. The van der Waals surface area contributed by atoms with Gasteiger partial charge in [-0.2, -0.15) is 0 Å². The Morgan fingerprint density at radius 3 is 2.80 bits per heavy atom. The molecule has 1 heterocycles. The average molecular weight is 273 g/mol. The Labute approximate surface area is 123 Å². The smallest absolute Gasteiger partial charge is 0.162 e. The molecule has 2 rings (SSSR count). The number of unbranched alkanes of at least 4 members (excludes halogenated alkanes) is 5. The molecule has 0 atom stereocenters. The van der Waals surface area contributed by atoms with E-state index in [1.807, 2.05) is 6.07 Å². The molecule has 1 aromatic rings. The Hall–Kier alpha value is -1.31. The number of ketones is 1. The molecule has 0 aromatic heterocycles. The number of hydrogen-bond acceptors (Lipinski definition) is 2. The maximum Gasteiger partial charge on any atom is 0.162 e. The number of nitrogens with one attached hydrogen (secondary N) is 1. The predicted octanol–water partition coefficient (Wildman–Crippen LogP) is 4.98. The van der Waals surface area contributed by atoms with Crippen LogP contribution in [0.1, 0.15) is 74.2 Å². The minimum atomic E-state index is 0.314. The lowest BCUT2D eigenvalue weighted by atomic mass is 9.97. The molecule has 0 unspecified atom stereocenters. The van der Waals surface area contributed by atoms with Crippen LogP contribution in [0.25, 0.3) is 0 Å². The molecule has 0 bridgehead atoms. The third-order valence-corrected chi connectivity index (χ3v) is 4.12. The van der Waals surface area contributed by atoms with Gasteiger partial charge in [0.1, 0.15) is 0 Å². The third-order valence-electron chi connectivity index (χ3n) is 4.12. The lowest BCUT2D eigenvalue weighted by Gasteiger charge is -2.18. The van der Waals surface area contributed by atoms with Crippen molar-refractivity contribution < 1.29 is 4.79 Å². The summed E-state index contributed by atoms with van der Waals surface area (Å²) >= 11 is 0. The van der Waals surface area contributed by atoms with Gasteiger partial charge in [0.25, 0.3) is 0 Å². The van der Waals surface area contributed by atoms with Gasteiger partial charge in [-0.05, 0) is 43.0 Å². The van der Waals surface area contributed by atoms with Crippen molar-refractivity contribution >= 4 is 11.5 Å². The molecule has 0 fully saturated rings. The lowest BCUT2D eigenvalue weighted by molar-refractivity contribution is 0.0979. The topological polar surface area (TPSA) is 29.1 Å². The highest BCUT2D eigenvalue weighted by Gasteiger charge is 2.12. The zero-order chi connectivity index (χ0) is 14.2. The van der Waals surface area contributed by atoms with Crippen LogP contribution in [-0.4, -0.2) is 12.3 Å². The fourth-order valence-corrected chi connectivity index (χ4v) is 2.86. The molecule has 20 heavy (non-hydrogen) atoms. The molecule has 1 aliphatic rings. The molecule has 0 amide bonds. The summed E-state index contributed by atoms with van der Waals surface area (Å²) in [5, 5.41) is 3.39. The first-order valence-corrected chi connectivity index (χ1v) is 8.21. The maximum absolute atomic E-state index is 12.2. The van der Waals surface area contributed by atoms with Crippen molar-refractivity contribution in [3.8, 4) is 0 Å². The molecule has 0 saturated heterocycles. The highest BCUT2D eigenvalue weighted by atomic mass is 16.1. The Balaban J connectivity index is 1.77. The van der Waals surface area contributed by atoms with Crippen molar-refractivity contribution in [2.24, 2.45) is 0 Å². The highest BCUT2D eigenvalue weighted by Crippen LogP contribution is 2.23. The van der Waals surface area contributed by atoms with E-state index in [-0.39, 0.29) is 0 Å². The second kappa shape index (κ2) is 8.08. The van der Waals surface area contributed by atoms with Gasteiger partial charge >= 0.3 is 0 Å². The average Bonchev–Trinajstić information content (AvgIpc) is 2.50. The van der Waals surface area contributed by atoms with E-state index >= 15 is 0 Å². The Morgan fingerprint density at radius 2 is 1.95 bits per heavy atom. The van der Waals surface area contributed by atoms with E-state index in [1.54, 1.807) is 0 Å². The van der Waals surface area contributed by atoms with E-state index < -0.39 is 0 Å². The number of fused-ring (bicyclic) bond motifs is 1. The van der Waals surface area contributed by atoms with Crippen molar-refractivity contribution in [3.63, 3.8) is 0 Å². The largest absolute Gasteiger partial charge is 0.385 e. The van der Waals surface area contributed by atoms with Crippen LogP contribution < -0.4 is 5.32 Å². The van der Waals surface area contributed by atoms with Crippen LogP contribution in [0, 0.1) is 0 Å². The van der Waals surface area contributed by atoms with Crippen molar-refractivity contribution in [2.45, 2.75) is 64.7 Å². The fraction of sp³-hybridized carbons (Fsp3) is 0.611. The van der Waals surface area contributed by atoms with Gasteiger partial charge in [0.15, 0.2) is 5.78 Å². The van der Waals surface area contributed by atoms with Gasteiger partial charge in [-0.15, -0.1) is 0 Å². The van der Waals surface area contributed by atoms with Crippen molar-refractivity contribution in [1.29, 1.82) is 0 Å². The summed E-state index contributed by atoms with van der Waals surface area (Å²) in [5.41, 5.74) is 3.43. The Kier molecular flexibility index (Phi) is 6.10. The van der Waals surface area contributed by atoms with Crippen molar-refractivity contribution in [1.82, 2.24) is 0 Å². The number of Topliss-reactive ketones (excluding diaryl/α,β-unsaturated/α-hetero) is 1. The van der Waals surface area contributed by atoms with Gasteiger partial charge in [-0.3, -0.25) is 4.79 Å². The van der Waals surface area contributed by atoms with E-state index in [4.69, 9.17) is 0 Å². The molecule has 1 aromatic carbocycles. The van der Waals surface area contributed by atoms with Gasteiger partial charge in [-0.25, -0.2) is 0 Å². The summed E-state index contributed by atoms with van der Waals surface area (Å²) in [6.07, 6.45) is 10.4. The zero-order valence-corrected chi connectivity index (χ0v) is 12.7. The number of benzene rings is 1. The van der Waals surface area contributed by atoms with Crippen LogP contribution in [0.5, 0.6) is 0 Å². The van der Waals surface area contributed by atoms with Crippen LogP contribution in [0.2, 0.25) is 0 Å². The molecular formula is C18H27NO. The monoisotopic (exact) mass is 273 g/mol. The van der Waals surface area contributed by atoms with Crippen molar-refractivity contribution in [3.05, 3.63) is 29.3 Å². The molecule has 0 saturated carbocycles. The molecule has 0 spiro atoms. The van der Waals surface area contributed by atoms with Gasteiger partial charge in [-0.1, -0.05) is 39.0 Å². The first-order valence-electron chi connectivity index (χ1n) is 8.21. The molecule has 1 N–H and O–H groups in total. The van der Waals surface area contributed by atoms with E-state index in [0.29, 0.717) is 12.2 Å². The minimum absolute atomic E-state index is 0.314. The maximum atomic E-state index is 12.2. The molecule has 0 radical (unpaired) electrons. The second-order valence-corrected chi connectivity index (χ2v) is 5.84. The van der Waals surface area contributed by atoms with Crippen LogP contribution in [0.15, 0.2) is 18.2 Å². The molecule has 1 aliphatic heterocycles. The van der Waals surface area contributed by atoms with E-state index in [2.05, 4.69) is 24.4 Å². The number of hydrogen-bond donors (Lipinski definition) is 1. The lowest BCUT2D eigenvalue weighted by Crippen LogP contribution is -2.12. The summed E-state index contributed by atoms with van der Waals surface area (Å²) in [6, 6.07) is 6.15. The minimum Gasteiger partial charge on any atom is -0.385 e. The number of anilines is 1. The van der Waals surface area contributed by atoms with Crippen molar-refractivity contribution in [2.75, 3.05) is 11.9 Å². The summed E-state index contributed by atoms with van der Waals surface area (Å²) < 4.78 is 0. The molecule has 2 nitrogen and oxygen atoms in total. The predicted molar refractivity (Wildman–Crippen MR) is 85.6 cm³/mol. The van der Waals surface area contributed by atoms with Gasteiger partial charge < -0.3 is 5.32 Å². The molecule has 2 heteroatoms. The first kappa shape index (κ1) is 15.1. The first-order chi connectivity index (χ1) is 9.81. The Morgan fingerprint density at radius 1 is 1.15 bits per heavy atom. The van der Waals surface area contributed by atoms with Crippen LogP contribution in [-0.2, 0) is 6.42 Å². The SMILES string of the molecule is CCCCCCCCC(=O)c1ccc2c(c1)CCCN2. The van der Waals surface area contributed by atoms with Crippen LogP contribution >= 0.6 is 0 Å². The van der Waals surface area contributed by atoms with Gasteiger partial charge in [0, 0.05) is 24.2 Å². The number of rotatable bonds is 8. The van der Waals surface area contributed by atoms with E-state index in [0.717, 1.165) is 24.9 Å². The van der Waals surface area contributed by atoms with Gasteiger partial charge in [0.05, 0.1) is 0 Å². The summed E-state index contributed by atoms with van der Waals surface area (Å²) in [7, 11) is 0. The van der Waals surface area contributed by atoms with Crippen LogP contribution in [0.3, 0.4) is 0 Å². The molecule has 0 aliphatic carbocycles. The number of carbonyl (C=O) groups excluding carboxylic acids is 1. The summed E-state index contributed by atoms with van der Waals surface area (Å²) in [4.78, 5) is 12.2. The van der Waals surface area contributed by atoms with E-state index in [9.17, 15) is 4.79 Å². The van der Waals surface area contributed by atoms with Crippen LogP contribution in [0.4, 0.5) is 5.69 Å². The fourth-order valence-electron chi connectivity index (χ4n) is 2.86. The normalized spacial score (nSPS) is 13.7. The highest BCUT2D eigenvalue weighted by molar-refractivity contribution is 5.96. The van der Waals surface area contributed by atoms with E-state index in [1.165, 1.54) is 49.8 Å². The number of carbonyl (C=O) groups is 1. The van der Waals surface area contributed by atoms with Gasteiger partial charge in [0.2, 0.25) is 0 Å². The molecular weight excluding hydrogens is 246 g/mol. The third kappa shape index (κ3) is 4.36. The zero-order valence-electron chi connectivity index (χ0n) is 12.7. The quantitative estimate of drug-likeness (QED) is 0.534. The second-order valence-electron chi connectivity index (χ2n) is 5.84. The summed E-state index contributed by atoms with van der Waals surface area (Å²) in [6.45, 7) is 3.28.